The van der Waals surface area contributed by atoms with Crippen molar-refractivity contribution in [3.8, 4) is 5.75 Å². The van der Waals surface area contributed by atoms with E-state index in [0.717, 1.165) is 6.54 Å². The molecule has 1 N–H and O–H groups in total. The number of fused-ring (bicyclic) bond motifs is 2. The third-order valence-electron chi connectivity index (χ3n) is 13.3. The molecule has 0 aromatic heterocycles. The summed E-state index contributed by atoms with van der Waals surface area (Å²) in [7, 11) is 8.46. The lowest BCUT2D eigenvalue weighted by Crippen LogP contribution is -2.77. The van der Waals surface area contributed by atoms with Crippen molar-refractivity contribution in [2.45, 2.75) is 75.3 Å². The summed E-state index contributed by atoms with van der Waals surface area (Å²) in [5, 5.41) is 12.7. The summed E-state index contributed by atoms with van der Waals surface area (Å²) in [6.45, 7) is 5.54. The van der Waals surface area contributed by atoms with Gasteiger partial charge in [0.25, 0.3) is 0 Å². The zero-order valence-electron chi connectivity index (χ0n) is 28.0. The molecule has 11 heteroatoms. The first-order valence-electron chi connectivity index (χ1n) is 16.7. The van der Waals surface area contributed by atoms with Gasteiger partial charge in [-0.1, -0.05) is 6.92 Å². The SMILES string of the molecule is CCN1C[C@]2(COC)C(OC(C)=O)C[C@H](OC)[C@@]34[C@@H]5C[C@@]6(O)[C@@H](OC)C[C@@H]([C@H]5[C@H]6OC(=O)c5ccc(OC)cc5)[C@@H]([C@H](OC)[C@H]23)[C@@H]14. The topological polar surface area (TPSA) is 122 Å². The highest BCUT2D eigenvalue weighted by molar-refractivity contribution is 5.89. The molecule has 1 unspecified atom stereocenters. The van der Waals surface area contributed by atoms with Gasteiger partial charge in [0, 0.05) is 83.0 Å². The molecule has 0 amide bonds. The molecule has 7 bridgehead atoms. The molecule has 6 aliphatic rings. The van der Waals surface area contributed by atoms with Crippen molar-refractivity contribution in [2.75, 3.05) is 55.2 Å². The Kier molecular flexibility index (Phi) is 8.01. The predicted molar refractivity (Wildman–Crippen MR) is 164 cm³/mol. The first kappa shape index (κ1) is 32.3. The number of aliphatic hydroxyl groups is 1. The van der Waals surface area contributed by atoms with E-state index in [0.29, 0.717) is 43.7 Å². The molecular formula is C35H49NO10. The van der Waals surface area contributed by atoms with E-state index in [4.69, 9.17) is 33.2 Å². The van der Waals surface area contributed by atoms with Crippen molar-refractivity contribution in [1.29, 1.82) is 0 Å². The van der Waals surface area contributed by atoms with E-state index in [1.54, 1.807) is 59.8 Å². The number of piperidine rings is 1. The van der Waals surface area contributed by atoms with E-state index < -0.39 is 40.7 Å². The summed E-state index contributed by atoms with van der Waals surface area (Å²) < 4.78 is 43.1. The van der Waals surface area contributed by atoms with Crippen molar-refractivity contribution in [3.05, 3.63) is 29.8 Å². The summed E-state index contributed by atoms with van der Waals surface area (Å²) in [5.74, 6) is -0.356. The van der Waals surface area contributed by atoms with Crippen LogP contribution in [-0.4, -0.2) is 119 Å². The fourth-order valence-corrected chi connectivity index (χ4v) is 12.3. The number of likely N-dealkylation sites (tertiary alicyclic amines) is 1. The predicted octanol–water partition coefficient (Wildman–Crippen LogP) is 2.57. The summed E-state index contributed by atoms with van der Waals surface area (Å²) in [5.41, 5.74) is -2.03. The van der Waals surface area contributed by atoms with E-state index in [9.17, 15) is 14.7 Å². The molecule has 6 fully saturated rings. The van der Waals surface area contributed by atoms with Crippen LogP contribution < -0.4 is 4.74 Å². The molecule has 0 radical (unpaired) electrons. The van der Waals surface area contributed by atoms with E-state index in [-0.39, 0.29) is 53.8 Å². The number of hydrogen-bond donors (Lipinski definition) is 1. The van der Waals surface area contributed by atoms with Crippen LogP contribution in [0.4, 0.5) is 0 Å². The zero-order valence-corrected chi connectivity index (χ0v) is 28.0. The molecule has 1 aromatic rings. The zero-order chi connectivity index (χ0) is 32.8. The van der Waals surface area contributed by atoms with E-state index in [1.807, 2.05) is 0 Å². The maximum Gasteiger partial charge on any atom is 0.338 e. The highest BCUT2D eigenvalue weighted by Gasteiger charge is 2.87. The molecule has 5 saturated carbocycles. The molecule has 7 rings (SSSR count). The lowest BCUT2D eigenvalue weighted by molar-refractivity contribution is -0.284. The van der Waals surface area contributed by atoms with E-state index >= 15 is 0 Å². The molecule has 1 saturated heterocycles. The van der Waals surface area contributed by atoms with Crippen molar-refractivity contribution in [3.63, 3.8) is 0 Å². The number of carbonyl (C=O) groups is 2. The van der Waals surface area contributed by atoms with Crippen LogP contribution in [-0.2, 0) is 33.2 Å². The Bertz CT molecular complexity index is 1340. The number of carbonyl (C=O) groups excluding carboxylic acids is 2. The van der Waals surface area contributed by atoms with Gasteiger partial charge < -0.3 is 38.3 Å². The van der Waals surface area contributed by atoms with E-state index in [2.05, 4.69) is 11.8 Å². The Morgan fingerprint density at radius 1 is 0.935 bits per heavy atom. The van der Waals surface area contributed by atoms with Gasteiger partial charge in [-0.15, -0.1) is 0 Å². The van der Waals surface area contributed by atoms with Crippen molar-refractivity contribution < 1.29 is 47.9 Å². The molecule has 1 aliphatic heterocycles. The number of esters is 2. The van der Waals surface area contributed by atoms with Gasteiger partial charge in [0.15, 0.2) is 0 Å². The van der Waals surface area contributed by atoms with Gasteiger partial charge in [-0.25, -0.2) is 4.79 Å². The lowest BCUT2D eigenvalue weighted by atomic mass is 9.43. The molecule has 1 aromatic carbocycles. The van der Waals surface area contributed by atoms with Crippen molar-refractivity contribution in [1.82, 2.24) is 4.90 Å². The Balaban J connectivity index is 1.40. The minimum Gasteiger partial charge on any atom is -0.497 e. The molecule has 1 heterocycles. The molecule has 11 nitrogen and oxygen atoms in total. The monoisotopic (exact) mass is 643 g/mol. The average molecular weight is 644 g/mol. The minimum atomic E-state index is -1.38. The normalized spacial score (nSPS) is 46.6. The largest absolute Gasteiger partial charge is 0.497 e. The van der Waals surface area contributed by atoms with Gasteiger partial charge in [0.05, 0.1) is 37.6 Å². The smallest absolute Gasteiger partial charge is 0.338 e. The number of hydrogen-bond acceptors (Lipinski definition) is 11. The fourth-order valence-electron chi connectivity index (χ4n) is 12.3. The molecule has 1 spiro atoms. The standard InChI is InChI=1S/C35H49NO10/c1-8-36-16-33(17-40-3)23(45-18(2)37)14-25(43-6)35-22-15-34(39)24(42-5)13-21(27(30(35)36)28(44-7)29(33)35)26(22)31(34)46-32(38)19-9-11-20(41-4)12-10-19/h9-12,21-31,39H,8,13-17H2,1-7H3/t21-,22+,23?,24-,25-,26+,27-,28-,29+,30+,31+,33-,34+,35-/m0/s1. The second-order valence-electron chi connectivity index (χ2n) is 14.5. The molecule has 254 valence electrons. The van der Waals surface area contributed by atoms with Crippen LogP contribution >= 0.6 is 0 Å². The Morgan fingerprint density at radius 3 is 2.24 bits per heavy atom. The summed E-state index contributed by atoms with van der Waals surface area (Å²) in [4.78, 5) is 28.9. The third kappa shape index (κ3) is 3.99. The summed E-state index contributed by atoms with van der Waals surface area (Å²) >= 11 is 0. The second-order valence-corrected chi connectivity index (χ2v) is 14.5. The van der Waals surface area contributed by atoms with Crippen LogP contribution in [0, 0.1) is 40.4 Å². The van der Waals surface area contributed by atoms with Gasteiger partial charge in [-0.05, 0) is 55.5 Å². The van der Waals surface area contributed by atoms with Gasteiger partial charge in [0.2, 0.25) is 0 Å². The van der Waals surface area contributed by atoms with E-state index in [1.165, 1.54) is 6.92 Å². The Hall–Kier alpha value is -2.28. The maximum absolute atomic E-state index is 13.8. The second kappa shape index (κ2) is 11.4. The van der Waals surface area contributed by atoms with Crippen LogP contribution in [0.5, 0.6) is 5.75 Å². The van der Waals surface area contributed by atoms with Crippen molar-refractivity contribution >= 4 is 11.9 Å². The minimum absolute atomic E-state index is 0.0474. The van der Waals surface area contributed by atoms with Crippen LogP contribution in [0.3, 0.4) is 0 Å². The number of methoxy groups -OCH3 is 5. The summed E-state index contributed by atoms with van der Waals surface area (Å²) in [6, 6.07) is 6.94. The van der Waals surface area contributed by atoms with Gasteiger partial charge in [0.1, 0.15) is 23.6 Å². The number of rotatable bonds is 10. The third-order valence-corrected chi connectivity index (χ3v) is 13.3. The maximum atomic E-state index is 13.8. The van der Waals surface area contributed by atoms with Crippen LogP contribution in [0.15, 0.2) is 24.3 Å². The number of benzene rings is 1. The molecule has 46 heavy (non-hydrogen) atoms. The number of nitrogens with zero attached hydrogens (tertiary/aromatic N) is 1. The van der Waals surface area contributed by atoms with Gasteiger partial charge >= 0.3 is 11.9 Å². The first-order valence-corrected chi connectivity index (χ1v) is 16.7. The Morgan fingerprint density at radius 2 is 1.65 bits per heavy atom. The lowest BCUT2D eigenvalue weighted by Gasteiger charge is -2.69. The first-order chi connectivity index (χ1) is 22.1. The average Bonchev–Trinajstić information content (AvgIpc) is 3.39. The molecule has 14 atom stereocenters. The molecular weight excluding hydrogens is 594 g/mol. The van der Waals surface area contributed by atoms with Gasteiger partial charge in [-0.2, -0.15) is 0 Å². The van der Waals surface area contributed by atoms with Gasteiger partial charge in [-0.3, -0.25) is 9.69 Å². The van der Waals surface area contributed by atoms with Crippen LogP contribution in [0.2, 0.25) is 0 Å². The molecule has 5 aliphatic carbocycles. The van der Waals surface area contributed by atoms with Crippen LogP contribution in [0.1, 0.15) is 43.5 Å². The highest BCUT2D eigenvalue weighted by Crippen LogP contribution is 2.79. The summed E-state index contributed by atoms with van der Waals surface area (Å²) in [6.07, 6.45) is -0.653. The van der Waals surface area contributed by atoms with Crippen molar-refractivity contribution in [2.24, 2.45) is 40.4 Å². The highest BCUT2D eigenvalue weighted by atomic mass is 16.6. The Labute approximate surface area is 271 Å². The fraction of sp³-hybridized carbons (Fsp3) is 0.771. The number of ether oxygens (including phenoxy) is 7. The quantitative estimate of drug-likeness (QED) is 0.379. The van der Waals surface area contributed by atoms with Crippen LogP contribution in [0.25, 0.3) is 0 Å².